The monoisotopic (exact) mass is 392 g/mol. The summed E-state index contributed by atoms with van der Waals surface area (Å²) in [4.78, 5) is 0. The van der Waals surface area contributed by atoms with Gasteiger partial charge in [-0.2, -0.15) is 0 Å². The van der Waals surface area contributed by atoms with Gasteiger partial charge in [0.1, 0.15) is 18.0 Å². The molecule has 0 spiro atoms. The molecule has 0 amide bonds. The lowest BCUT2D eigenvalue weighted by Gasteiger charge is -2.04. The molecule has 2 saturated heterocycles. The van der Waals surface area contributed by atoms with E-state index in [4.69, 9.17) is 14.2 Å². The first-order chi connectivity index (χ1) is 13.8. The smallest absolute Gasteiger partial charge is 0.118 e. The van der Waals surface area contributed by atoms with Crippen LogP contribution in [0.25, 0.3) is 0 Å². The van der Waals surface area contributed by atoms with Crippen molar-refractivity contribution in [2.45, 2.75) is 89.8 Å². The second-order valence-electron chi connectivity index (χ2n) is 8.01. The number of aromatic hydroxyl groups is 1. The summed E-state index contributed by atoms with van der Waals surface area (Å²) in [6.07, 6.45) is 15.4. The summed E-state index contributed by atoms with van der Waals surface area (Å²) in [7, 11) is 0. The normalized spacial score (nSPS) is 19.8. The lowest BCUT2D eigenvalue weighted by Crippen LogP contribution is -2.06. The molecule has 2 aliphatic heterocycles. The summed E-state index contributed by atoms with van der Waals surface area (Å²) < 4.78 is 15.1. The number of epoxide rings is 2. The van der Waals surface area contributed by atoms with Crippen LogP contribution in [0.2, 0.25) is 0 Å². The number of rotatable bonds is 15. The van der Waals surface area contributed by atoms with Crippen LogP contribution in [0.15, 0.2) is 24.3 Å². The summed E-state index contributed by atoms with van der Waals surface area (Å²) in [6.45, 7) is 5.53. The highest BCUT2D eigenvalue weighted by atomic mass is 16.6. The van der Waals surface area contributed by atoms with Crippen LogP contribution in [-0.4, -0.2) is 43.7 Å². The number of hydrogen-bond donors (Lipinski definition) is 1. The Morgan fingerprint density at radius 3 is 1.82 bits per heavy atom. The van der Waals surface area contributed by atoms with Gasteiger partial charge < -0.3 is 19.3 Å². The van der Waals surface area contributed by atoms with Crippen LogP contribution < -0.4 is 0 Å². The predicted molar refractivity (Wildman–Crippen MR) is 114 cm³/mol. The molecule has 2 atom stereocenters. The molecule has 1 aromatic rings. The van der Waals surface area contributed by atoms with Crippen molar-refractivity contribution < 1.29 is 19.3 Å². The zero-order chi connectivity index (χ0) is 19.9. The highest BCUT2D eigenvalue weighted by molar-refractivity contribution is 5.31. The minimum absolute atomic E-state index is 0.392. The molecule has 160 valence electrons. The first-order valence-electron chi connectivity index (χ1n) is 11.4. The van der Waals surface area contributed by atoms with Crippen molar-refractivity contribution in [2.24, 2.45) is 0 Å². The van der Waals surface area contributed by atoms with Gasteiger partial charge in [0, 0.05) is 0 Å². The van der Waals surface area contributed by atoms with Crippen LogP contribution >= 0.6 is 0 Å². The van der Waals surface area contributed by atoms with Gasteiger partial charge in [-0.3, -0.25) is 0 Å². The number of aryl methyl sites for hydroxylation is 1. The zero-order valence-electron chi connectivity index (χ0n) is 17.7. The molecule has 1 aromatic carbocycles. The van der Waals surface area contributed by atoms with Crippen molar-refractivity contribution >= 4 is 0 Å². The zero-order valence-corrected chi connectivity index (χ0v) is 17.7. The lowest BCUT2D eigenvalue weighted by atomic mass is 10.0. The van der Waals surface area contributed by atoms with Gasteiger partial charge in [0.15, 0.2) is 0 Å². The van der Waals surface area contributed by atoms with Gasteiger partial charge in [0.05, 0.1) is 26.4 Å². The minimum Gasteiger partial charge on any atom is -0.508 e. The van der Waals surface area contributed by atoms with Crippen LogP contribution in [0.1, 0.15) is 76.7 Å². The predicted octanol–water partition coefficient (Wildman–Crippen LogP) is 5.66. The Balaban J connectivity index is 0.000000255. The number of para-hydroxylation sites is 1. The molecule has 4 heteroatoms. The van der Waals surface area contributed by atoms with E-state index in [-0.39, 0.29) is 0 Å². The first-order valence-corrected chi connectivity index (χ1v) is 11.4. The molecule has 3 rings (SSSR count). The standard InChI is InChI=1S/C18H30O.C6H10O3/c1-2-3-4-5-6-7-8-9-10-11-14-17-15-12-13-16-18(17)19;1(5-3-8-5)7-2-6-4-9-6/h12-13,15-16,19H,2-11,14H2,1H3;5-6H,1-4H2. The third-order valence-electron chi connectivity index (χ3n) is 5.20. The fraction of sp³-hybridized carbons (Fsp3) is 0.750. The maximum absolute atomic E-state index is 9.65. The second kappa shape index (κ2) is 14.8. The molecule has 1 N–H and O–H groups in total. The largest absolute Gasteiger partial charge is 0.508 e. The van der Waals surface area contributed by atoms with Gasteiger partial charge in [-0.1, -0.05) is 82.9 Å². The van der Waals surface area contributed by atoms with Crippen LogP contribution in [0, 0.1) is 0 Å². The van der Waals surface area contributed by atoms with E-state index in [1.54, 1.807) is 6.07 Å². The van der Waals surface area contributed by atoms with E-state index in [9.17, 15) is 5.11 Å². The first kappa shape index (κ1) is 23.2. The Morgan fingerprint density at radius 1 is 0.821 bits per heavy atom. The molecule has 28 heavy (non-hydrogen) atoms. The summed E-state index contributed by atoms with van der Waals surface area (Å²) in [6, 6.07) is 7.71. The fourth-order valence-electron chi connectivity index (χ4n) is 3.18. The number of phenolic OH excluding ortho intramolecular Hbond substituents is 1. The van der Waals surface area contributed by atoms with E-state index in [0.717, 1.165) is 38.4 Å². The van der Waals surface area contributed by atoms with Gasteiger partial charge in [-0.25, -0.2) is 0 Å². The fourth-order valence-corrected chi connectivity index (χ4v) is 3.18. The quantitative estimate of drug-likeness (QED) is 0.309. The Labute approximate surface area is 171 Å². The molecule has 0 bridgehead atoms. The number of phenols is 1. The van der Waals surface area contributed by atoms with Crippen molar-refractivity contribution in [1.29, 1.82) is 0 Å². The van der Waals surface area contributed by atoms with Crippen LogP contribution in [0.3, 0.4) is 0 Å². The number of unbranched alkanes of at least 4 members (excludes halogenated alkanes) is 9. The van der Waals surface area contributed by atoms with E-state index in [1.165, 1.54) is 64.2 Å². The molecule has 2 fully saturated rings. The number of benzene rings is 1. The maximum atomic E-state index is 9.65. The average Bonchev–Trinajstić information content (AvgIpc) is 3.61. The van der Waals surface area contributed by atoms with Gasteiger partial charge in [0.2, 0.25) is 0 Å². The van der Waals surface area contributed by atoms with Crippen molar-refractivity contribution in [3.63, 3.8) is 0 Å². The summed E-state index contributed by atoms with van der Waals surface area (Å²) in [5.41, 5.74) is 1.10. The van der Waals surface area contributed by atoms with Gasteiger partial charge >= 0.3 is 0 Å². The van der Waals surface area contributed by atoms with E-state index in [2.05, 4.69) is 6.92 Å². The van der Waals surface area contributed by atoms with Gasteiger partial charge in [-0.05, 0) is 24.5 Å². The van der Waals surface area contributed by atoms with Crippen LogP contribution in [0.5, 0.6) is 5.75 Å². The highest BCUT2D eigenvalue weighted by Gasteiger charge is 2.26. The molecule has 2 heterocycles. The summed E-state index contributed by atoms with van der Waals surface area (Å²) in [5.74, 6) is 0.457. The number of ether oxygens (including phenoxy) is 3. The average molecular weight is 393 g/mol. The summed E-state index contributed by atoms with van der Waals surface area (Å²) in [5, 5.41) is 9.65. The Morgan fingerprint density at radius 2 is 1.32 bits per heavy atom. The third-order valence-corrected chi connectivity index (χ3v) is 5.20. The van der Waals surface area contributed by atoms with E-state index in [0.29, 0.717) is 18.0 Å². The Hall–Kier alpha value is -1.10. The molecule has 0 saturated carbocycles. The van der Waals surface area contributed by atoms with Crippen molar-refractivity contribution in [3.05, 3.63) is 29.8 Å². The molecule has 2 aliphatic rings. The third kappa shape index (κ3) is 12.4. The Kier molecular flexibility index (Phi) is 12.3. The van der Waals surface area contributed by atoms with E-state index >= 15 is 0 Å². The molecule has 4 nitrogen and oxygen atoms in total. The SMILES string of the molecule is C(OCC1CO1)C1CO1.CCCCCCCCCCCCc1ccccc1O. The topological polar surface area (TPSA) is 54.5 Å². The molecule has 0 radical (unpaired) electrons. The molecule has 0 aromatic heterocycles. The highest BCUT2D eigenvalue weighted by Crippen LogP contribution is 2.19. The van der Waals surface area contributed by atoms with Gasteiger partial charge in [-0.15, -0.1) is 0 Å². The molecular formula is C24H40O4. The maximum Gasteiger partial charge on any atom is 0.118 e. The lowest BCUT2D eigenvalue weighted by molar-refractivity contribution is 0.102. The van der Waals surface area contributed by atoms with Crippen molar-refractivity contribution in [2.75, 3.05) is 26.4 Å². The summed E-state index contributed by atoms with van der Waals surface area (Å²) >= 11 is 0. The van der Waals surface area contributed by atoms with E-state index < -0.39 is 0 Å². The van der Waals surface area contributed by atoms with Gasteiger partial charge in [0.25, 0.3) is 0 Å². The number of hydrogen-bond acceptors (Lipinski definition) is 4. The van der Waals surface area contributed by atoms with Crippen LogP contribution in [0.4, 0.5) is 0 Å². The van der Waals surface area contributed by atoms with Crippen molar-refractivity contribution in [1.82, 2.24) is 0 Å². The van der Waals surface area contributed by atoms with Crippen molar-refractivity contribution in [3.8, 4) is 5.75 Å². The van der Waals surface area contributed by atoms with Crippen LogP contribution in [-0.2, 0) is 20.6 Å². The minimum atomic E-state index is 0.392. The van der Waals surface area contributed by atoms with E-state index in [1.807, 2.05) is 18.2 Å². The molecular weight excluding hydrogens is 352 g/mol. The second-order valence-corrected chi connectivity index (χ2v) is 8.01. The molecule has 0 aliphatic carbocycles. The Bertz CT molecular complexity index is 485. The molecule has 2 unspecified atom stereocenters.